The first kappa shape index (κ1) is 17.0. The molecule has 0 spiro atoms. The zero-order chi connectivity index (χ0) is 16.5. The molecule has 2 heterocycles. The van der Waals surface area contributed by atoms with Gasteiger partial charge in [0.2, 0.25) is 15.9 Å². The highest BCUT2D eigenvalue weighted by molar-refractivity contribution is 7.89. The summed E-state index contributed by atoms with van der Waals surface area (Å²) in [6.45, 7) is 7.17. The molecule has 1 amide bonds. The Morgan fingerprint density at radius 2 is 1.77 bits per heavy atom. The van der Waals surface area contributed by atoms with Crippen molar-refractivity contribution in [2.24, 2.45) is 7.05 Å². The van der Waals surface area contributed by atoms with E-state index in [2.05, 4.69) is 5.10 Å². The molecule has 0 atom stereocenters. The Bertz CT molecular complexity index is 658. The molecule has 1 aromatic heterocycles. The molecule has 0 N–H and O–H groups in total. The molecular formula is C14H24N4O3S. The lowest BCUT2D eigenvalue weighted by molar-refractivity contribution is -0.131. The summed E-state index contributed by atoms with van der Waals surface area (Å²) in [6, 6.07) is 0. The van der Waals surface area contributed by atoms with Crippen molar-refractivity contribution < 1.29 is 13.2 Å². The first-order chi connectivity index (χ1) is 10.3. The van der Waals surface area contributed by atoms with Crippen LogP contribution in [0.5, 0.6) is 0 Å². The molecule has 1 aliphatic heterocycles. The molecule has 0 bridgehead atoms. The number of carbonyl (C=O) groups excluding carboxylic acids is 1. The first-order valence-corrected chi connectivity index (χ1v) is 9.12. The highest BCUT2D eigenvalue weighted by atomic mass is 32.2. The Kier molecular flexibility index (Phi) is 4.91. The number of carbonyl (C=O) groups is 1. The number of amides is 1. The fraction of sp³-hybridized carbons (Fsp3) is 0.714. The van der Waals surface area contributed by atoms with Crippen molar-refractivity contribution in [2.45, 2.75) is 27.2 Å². The fourth-order valence-corrected chi connectivity index (χ4v) is 3.82. The fourth-order valence-electron chi connectivity index (χ4n) is 2.73. The number of rotatable bonds is 4. The molecule has 1 saturated heterocycles. The van der Waals surface area contributed by atoms with Crippen molar-refractivity contribution in [1.82, 2.24) is 19.0 Å². The minimum atomic E-state index is -3.16. The predicted molar refractivity (Wildman–Crippen MR) is 84.0 cm³/mol. The lowest BCUT2D eigenvalue weighted by atomic mass is 10.1. The maximum Gasteiger partial charge on any atom is 0.227 e. The van der Waals surface area contributed by atoms with Gasteiger partial charge < -0.3 is 4.90 Å². The van der Waals surface area contributed by atoms with E-state index in [1.54, 1.807) is 16.5 Å². The maximum absolute atomic E-state index is 12.4. The molecule has 124 valence electrons. The van der Waals surface area contributed by atoms with Crippen LogP contribution in [0.2, 0.25) is 0 Å². The molecule has 1 aromatic rings. The predicted octanol–water partition coefficient (Wildman–Crippen LogP) is 0.0733. The third kappa shape index (κ3) is 3.33. The van der Waals surface area contributed by atoms with Crippen LogP contribution in [-0.4, -0.2) is 65.2 Å². The Morgan fingerprint density at radius 3 is 2.23 bits per heavy atom. The van der Waals surface area contributed by atoms with Gasteiger partial charge in [-0.05, 0) is 20.8 Å². The van der Waals surface area contributed by atoms with Gasteiger partial charge in [-0.15, -0.1) is 0 Å². The molecule has 1 fully saturated rings. The van der Waals surface area contributed by atoms with Crippen LogP contribution in [0, 0.1) is 13.8 Å². The molecule has 1 aliphatic rings. The van der Waals surface area contributed by atoms with Crippen LogP contribution in [0.3, 0.4) is 0 Å². The highest BCUT2D eigenvalue weighted by Crippen LogP contribution is 2.15. The number of hydrogen-bond donors (Lipinski definition) is 0. The van der Waals surface area contributed by atoms with Gasteiger partial charge in [-0.25, -0.2) is 8.42 Å². The van der Waals surface area contributed by atoms with Gasteiger partial charge in [0, 0.05) is 44.5 Å². The Balaban J connectivity index is 1.99. The summed E-state index contributed by atoms with van der Waals surface area (Å²) in [6.07, 6.45) is 0.325. The zero-order valence-corrected chi connectivity index (χ0v) is 14.5. The summed E-state index contributed by atoms with van der Waals surface area (Å²) >= 11 is 0. The Labute approximate surface area is 131 Å². The number of aryl methyl sites for hydroxylation is 2. The van der Waals surface area contributed by atoms with Gasteiger partial charge in [0.05, 0.1) is 17.9 Å². The molecule has 22 heavy (non-hydrogen) atoms. The van der Waals surface area contributed by atoms with Gasteiger partial charge in [0.1, 0.15) is 0 Å². The Morgan fingerprint density at radius 1 is 1.18 bits per heavy atom. The standard InChI is InChI=1S/C14H24N4O3S/c1-5-22(20,21)18-8-6-17(7-9-18)14(19)10-13-11(2)15-16(4)12(13)3/h5-10H2,1-4H3. The summed E-state index contributed by atoms with van der Waals surface area (Å²) in [5, 5.41) is 4.32. The monoisotopic (exact) mass is 328 g/mol. The van der Waals surface area contributed by atoms with Crippen molar-refractivity contribution in [2.75, 3.05) is 31.9 Å². The van der Waals surface area contributed by atoms with E-state index in [1.165, 1.54) is 4.31 Å². The molecule has 0 radical (unpaired) electrons. The van der Waals surface area contributed by atoms with E-state index in [4.69, 9.17) is 0 Å². The van der Waals surface area contributed by atoms with Gasteiger partial charge in [-0.3, -0.25) is 9.48 Å². The molecule has 0 aromatic carbocycles. The van der Waals surface area contributed by atoms with Crippen molar-refractivity contribution in [1.29, 1.82) is 0 Å². The third-order valence-corrected chi connectivity index (χ3v) is 6.22. The molecule has 7 nitrogen and oxygen atoms in total. The number of sulfonamides is 1. The molecule has 0 unspecified atom stereocenters. The van der Waals surface area contributed by atoms with E-state index in [1.807, 2.05) is 20.9 Å². The van der Waals surface area contributed by atoms with Gasteiger partial charge in [0.25, 0.3) is 0 Å². The van der Waals surface area contributed by atoms with E-state index in [9.17, 15) is 13.2 Å². The van der Waals surface area contributed by atoms with E-state index in [0.29, 0.717) is 32.6 Å². The summed E-state index contributed by atoms with van der Waals surface area (Å²) in [5.41, 5.74) is 2.84. The summed E-state index contributed by atoms with van der Waals surface area (Å²) in [7, 11) is -1.29. The number of hydrogen-bond acceptors (Lipinski definition) is 4. The number of piperazine rings is 1. The summed E-state index contributed by atoms with van der Waals surface area (Å²) in [4.78, 5) is 14.2. The quantitative estimate of drug-likeness (QED) is 0.784. The average Bonchev–Trinajstić information content (AvgIpc) is 2.73. The highest BCUT2D eigenvalue weighted by Gasteiger charge is 2.28. The zero-order valence-electron chi connectivity index (χ0n) is 13.7. The van der Waals surface area contributed by atoms with E-state index in [-0.39, 0.29) is 11.7 Å². The van der Waals surface area contributed by atoms with Crippen molar-refractivity contribution in [3.63, 3.8) is 0 Å². The third-order valence-electron chi connectivity index (χ3n) is 4.34. The number of nitrogens with zero attached hydrogens (tertiary/aromatic N) is 4. The molecular weight excluding hydrogens is 304 g/mol. The molecule has 0 aliphatic carbocycles. The lowest BCUT2D eigenvalue weighted by Gasteiger charge is -2.33. The number of aromatic nitrogens is 2. The molecule has 8 heteroatoms. The molecule has 0 saturated carbocycles. The Hall–Kier alpha value is -1.41. The molecule has 2 rings (SSSR count). The second kappa shape index (κ2) is 6.37. The van der Waals surface area contributed by atoms with Gasteiger partial charge in [0.15, 0.2) is 0 Å². The van der Waals surface area contributed by atoms with Crippen LogP contribution < -0.4 is 0 Å². The second-order valence-electron chi connectivity index (χ2n) is 5.63. The van der Waals surface area contributed by atoms with E-state index >= 15 is 0 Å². The van der Waals surface area contributed by atoms with Crippen molar-refractivity contribution in [3.05, 3.63) is 17.0 Å². The lowest BCUT2D eigenvalue weighted by Crippen LogP contribution is -2.51. The average molecular weight is 328 g/mol. The van der Waals surface area contributed by atoms with Crippen molar-refractivity contribution >= 4 is 15.9 Å². The first-order valence-electron chi connectivity index (χ1n) is 7.51. The normalized spacial score (nSPS) is 17.0. The minimum Gasteiger partial charge on any atom is -0.340 e. The van der Waals surface area contributed by atoms with Crippen molar-refractivity contribution in [3.8, 4) is 0 Å². The van der Waals surface area contributed by atoms with Crippen LogP contribution in [0.4, 0.5) is 0 Å². The summed E-state index contributed by atoms with van der Waals surface area (Å²) < 4.78 is 26.9. The van der Waals surface area contributed by atoms with Crippen LogP contribution in [0.1, 0.15) is 23.9 Å². The van der Waals surface area contributed by atoms with Crippen LogP contribution in [-0.2, 0) is 28.3 Å². The largest absolute Gasteiger partial charge is 0.340 e. The van der Waals surface area contributed by atoms with Gasteiger partial charge >= 0.3 is 0 Å². The maximum atomic E-state index is 12.4. The summed E-state index contributed by atoms with van der Waals surface area (Å²) in [5.74, 6) is 0.141. The van der Waals surface area contributed by atoms with Gasteiger partial charge in [-0.1, -0.05) is 0 Å². The van der Waals surface area contributed by atoms with E-state index in [0.717, 1.165) is 17.0 Å². The second-order valence-corrected chi connectivity index (χ2v) is 7.89. The SMILES string of the molecule is CCS(=O)(=O)N1CCN(C(=O)Cc2c(C)nn(C)c2C)CC1. The van der Waals surface area contributed by atoms with Crippen LogP contribution in [0.15, 0.2) is 0 Å². The smallest absolute Gasteiger partial charge is 0.227 e. The minimum absolute atomic E-state index is 0.0350. The van der Waals surface area contributed by atoms with E-state index < -0.39 is 10.0 Å². The van der Waals surface area contributed by atoms with Crippen LogP contribution >= 0.6 is 0 Å². The topological polar surface area (TPSA) is 75.5 Å². The van der Waals surface area contributed by atoms with Gasteiger partial charge in [-0.2, -0.15) is 9.40 Å². The van der Waals surface area contributed by atoms with Crippen LogP contribution in [0.25, 0.3) is 0 Å².